The van der Waals surface area contributed by atoms with Gasteiger partial charge in [0, 0.05) is 6.54 Å². The van der Waals surface area contributed by atoms with Gasteiger partial charge in [-0.25, -0.2) is 4.79 Å². The molecule has 1 aliphatic rings. The van der Waals surface area contributed by atoms with Crippen molar-refractivity contribution in [2.45, 2.75) is 32.2 Å². The zero-order valence-corrected chi connectivity index (χ0v) is 10.4. The molecule has 1 aromatic heterocycles. The fourth-order valence-electron chi connectivity index (χ4n) is 2.05. The van der Waals surface area contributed by atoms with Crippen molar-refractivity contribution in [3.8, 4) is 5.88 Å². The van der Waals surface area contributed by atoms with E-state index in [-0.39, 0.29) is 0 Å². The maximum Gasteiger partial charge on any atom is 0.326 e. The molecule has 1 saturated heterocycles. The number of hydrogen-bond acceptors (Lipinski definition) is 5. The largest absolute Gasteiger partial charge is 0.480 e. The molecule has 0 spiro atoms. The van der Waals surface area contributed by atoms with E-state index >= 15 is 0 Å². The predicted molar refractivity (Wildman–Crippen MR) is 65.8 cm³/mol. The van der Waals surface area contributed by atoms with E-state index < -0.39 is 12.0 Å². The number of nitrogens with zero attached hydrogens (tertiary/aromatic N) is 3. The molecule has 1 aromatic rings. The standard InChI is InChI=1S/C12H17N3O3/c1-2-6-18-11-8-13-7-10(14-11)15-5-3-4-9(15)12(16)17/h7-9H,2-6H2,1H3,(H,16,17). The van der Waals surface area contributed by atoms with E-state index in [0.29, 0.717) is 31.3 Å². The molecule has 2 rings (SSSR count). The minimum atomic E-state index is -0.811. The molecule has 0 amide bonds. The van der Waals surface area contributed by atoms with Crippen molar-refractivity contribution < 1.29 is 14.6 Å². The van der Waals surface area contributed by atoms with E-state index in [4.69, 9.17) is 9.84 Å². The van der Waals surface area contributed by atoms with E-state index in [1.54, 1.807) is 17.3 Å². The number of aromatic nitrogens is 2. The molecule has 6 nitrogen and oxygen atoms in total. The van der Waals surface area contributed by atoms with Crippen LogP contribution in [0.2, 0.25) is 0 Å². The molecule has 2 heterocycles. The van der Waals surface area contributed by atoms with Crippen LogP contribution in [-0.4, -0.2) is 40.2 Å². The van der Waals surface area contributed by atoms with Crippen LogP contribution in [0.15, 0.2) is 12.4 Å². The van der Waals surface area contributed by atoms with Gasteiger partial charge in [0.25, 0.3) is 0 Å². The molecule has 0 bridgehead atoms. The summed E-state index contributed by atoms with van der Waals surface area (Å²) in [6, 6.07) is -0.499. The van der Waals surface area contributed by atoms with Crippen LogP contribution in [0.5, 0.6) is 5.88 Å². The second-order valence-electron chi connectivity index (χ2n) is 4.25. The van der Waals surface area contributed by atoms with Gasteiger partial charge in [0.2, 0.25) is 5.88 Å². The molecule has 1 fully saturated rings. The summed E-state index contributed by atoms with van der Waals surface area (Å²) in [5.74, 6) is 0.216. The van der Waals surface area contributed by atoms with Gasteiger partial charge in [0.15, 0.2) is 5.82 Å². The third-order valence-electron chi connectivity index (χ3n) is 2.89. The van der Waals surface area contributed by atoms with Crippen molar-refractivity contribution in [2.75, 3.05) is 18.1 Å². The lowest BCUT2D eigenvalue weighted by Gasteiger charge is -2.22. The number of ether oxygens (including phenoxy) is 1. The Labute approximate surface area is 106 Å². The van der Waals surface area contributed by atoms with Gasteiger partial charge in [-0.3, -0.25) is 4.98 Å². The highest BCUT2D eigenvalue weighted by atomic mass is 16.5. The van der Waals surface area contributed by atoms with Gasteiger partial charge >= 0.3 is 5.97 Å². The fraction of sp³-hybridized carbons (Fsp3) is 0.583. The van der Waals surface area contributed by atoms with E-state index in [0.717, 1.165) is 12.8 Å². The summed E-state index contributed by atoms with van der Waals surface area (Å²) in [6.45, 7) is 3.29. The Balaban J connectivity index is 2.14. The Morgan fingerprint density at radius 3 is 3.17 bits per heavy atom. The first-order valence-electron chi connectivity index (χ1n) is 6.16. The first kappa shape index (κ1) is 12.6. The van der Waals surface area contributed by atoms with Gasteiger partial charge in [-0.05, 0) is 19.3 Å². The highest BCUT2D eigenvalue weighted by Crippen LogP contribution is 2.24. The summed E-state index contributed by atoms with van der Waals surface area (Å²) in [5.41, 5.74) is 0. The zero-order valence-electron chi connectivity index (χ0n) is 10.4. The predicted octanol–water partition coefficient (Wildman–Crippen LogP) is 1.32. The van der Waals surface area contributed by atoms with Gasteiger partial charge in [-0.1, -0.05) is 6.92 Å². The SMILES string of the molecule is CCCOc1cncc(N2CCCC2C(=O)O)n1. The number of carbonyl (C=O) groups is 1. The second kappa shape index (κ2) is 5.66. The average Bonchev–Trinajstić information content (AvgIpc) is 2.86. The summed E-state index contributed by atoms with van der Waals surface area (Å²) in [6.07, 6.45) is 5.54. The lowest BCUT2D eigenvalue weighted by Crippen LogP contribution is -2.36. The third kappa shape index (κ3) is 2.69. The molecule has 1 aliphatic heterocycles. The average molecular weight is 251 g/mol. The molecule has 1 atom stereocenters. The van der Waals surface area contributed by atoms with Crippen LogP contribution in [0.4, 0.5) is 5.82 Å². The maximum atomic E-state index is 11.1. The number of rotatable bonds is 5. The van der Waals surface area contributed by atoms with Crippen LogP contribution >= 0.6 is 0 Å². The van der Waals surface area contributed by atoms with Crippen LogP contribution in [0.25, 0.3) is 0 Å². The van der Waals surface area contributed by atoms with Gasteiger partial charge in [0.05, 0.1) is 19.0 Å². The van der Waals surface area contributed by atoms with Crippen molar-refractivity contribution in [3.63, 3.8) is 0 Å². The van der Waals surface area contributed by atoms with Gasteiger partial charge < -0.3 is 14.7 Å². The monoisotopic (exact) mass is 251 g/mol. The number of aliphatic carboxylic acids is 1. The highest BCUT2D eigenvalue weighted by Gasteiger charge is 2.31. The molecule has 0 radical (unpaired) electrons. The Hall–Kier alpha value is -1.85. The van der Waals surface area contributed by atoms with Crippen LogP contribution < -0.4 is 9.64 Å². The van der Waals surface area contributed by atoms with Crippen molar-refractivity contribution >= 4 is 11.8 Å². The number of carboxylic acids is 1. The normalized spacial score (nSPS) is 18.9. The van der Waals surface area contributed by atoms with Crippen LogP contribution in [0, 0.1) is 0 Å². The molecular weight excluding hydrogens is 234 g/mol. The minimum Gasteiger partial charge on any atom is -0.480 e. The van der Waals surface area contributed by atoms with Crippen molar-refractivity contribution in [3.05, 3.63) is 12.4 Å². The molecule has 98 valence electrons. The Morgan fingerprint density at radius 2 is 2.44 bits per heavy atom. The van der Waals surface area contributed by atoms with E-state index in [9.17, 15) is 4.79 Å². The molecule has 0 saturated carbocycles. The second-order valence-corrected chi connectivity index (χ2v) is 4.25. The summed E-state index contributed by atoms with van der Waals surface area (Å²) in [5, 5.41) is 9.13. The summed E-state index contributed by atoms with van der Waals surface area (Å²) < 4.78 is 5.40. The lowest BCUT2D eigenvalue weighted by molar-refractivity contribution is -0.138. The van der Waals surface area contributed by atoms with Crippen LogP contribution in [0.1, 0.15) is 26.2 Å². The maximum absolute atomic E-state index is 11.1. The lowest BCUT2D eigenvalue weighted by atomic mass is 10.2. The Bertz CT molecular complexity index is 425. The van der Waals surface area contributed by atoms with E-state index in [2.05, 4.69) is 9.97 Å². The first-order valence-corrected chi connectivity index (χ1v) is 6.16. The topological polar surface area (TPSA) is 75.5 Å². The Morgan fingerprint density at radius 1 is 1.61 bits per heavy atom. The molecule has 1 unspecified atom stereocenters. The number of hydrogen-bond donors (Lipinski definition) is 1. The third-order valence-corrected chi connectivity index (χ3v) is 2.89. The summed E-state index contributed by atoms with van der Waals surface area (Å²) in [4.78, 5) is 21.2. The number of anilines is 1. The van der Waals surface area contributed by atoms with Crippen molar-refractivity contribution in [2.24, 2.45) is 0 Å². The van der Waals surface area contributed by atoms with Crippen LogP contribution in [-0.2, 0) is 4.79 Å². The smallest absolute Gasteiger partial charge is 0.326 e. The summed E-state index contributed by atoms with van der Waals surface area (Å²) >= 11 is 0. The molecule has 1 N–H and O–H groups in total. The van der Waals surface area contributed by atoms with E-state index in [1.165, 1.54) is 0 Å². The molecule has 18 heavy (non-hydrogen) atoms. The molecule has 0 aromatic carbocycles. The Kier molecular flexibility index (Phi) is 3.96. The summed E-state index contributed by atoms with van der Waals surface area (Å²) in [7, 11) is 0. The highest BCUT2D eigenvalue weighted by molar-refractivity contribution is 5.78. The van der Waals surface area contributed by atoms with Gasteiger partial charge in [0.1, 0.15) is 6.04 Å². The van der Waals surface area contributed by atoms with Gasteiger partial charge in [-0.2, -0.15) is 4.98 Å². The van der Waals surface area contributed by atoms with E-state index in [1.807, 2.05) is 6.92 Å². The number of carboxylic acid groups (broad SMARTS) is 1. The van der Waals surface area contributed by atoms with Crippen molar-refractivity contribution in [1.29, 1.82) is 0 Å². The zero-order chi connectivity index (χ0) is 13.0. The minimum absolute atomic E-state index is 0.449. The molecular formula is C12H17N3O3. The van der Waals surface area contributed by atoms with Gasteiger partial charge in [-0.15, -0.1) is 0 Å². The fourth-order valence-corrected chi connectivity index (χ4v) is 2.05. The van der Waals surface area contributed by atoms with Crippen molar-refractivity contribution in [1.82, 2.24) is 9.97 Å². The molecule has 0 aliphatic carbocycles. The quantitative estimate of drug-likeness (QED) is 0.850. The van der Waals surface area contributed by atoms with Crippen LogP contribution in [0.3, 0.4) is 0 Å². The molecule has 6 heteroatoms. The first-order chi connectivity index (χ1) is 8.72.